The Morgan fingerprint density at radius 3 is 2.60 bits per heavy atom. The molecule has 2 nitrogen and oxygen atoms in total. The molecule has 3 heteroatoms. The fourth-order valence-electron chi connectivity index (χ4n) is 2.44. The highest BCUT2D eigenvalue weighted by molar-refractivity contribution is 9.10. The van der Waals surface area contributed by atoms with Crippen LogP contribution in [0.25, 0.3) is 0 Å². The maximum absolute atomic E-state index is 4.87. The number of rotatable bonds is 1. The van der Waals surface area contributed by atoms with Gasteiger partial charge in [-0.15, -0.1) is 0 Å². The van der Waals surface area contributed by atoms with Crippen LogP contribution in [0.4, 0.5) is 5.69 Å². The average Bonchev–Trinajstić information content (AvgIpc) is 2.47. The highest BCUT2D eigenvalue weighted by Crippen LogP contribution is 2.33. The molecule has 0 saturated carbocycles. The number of aliphatic imine (C=N–C) groups is 1. The molecule has 20 heavy (non-hydrogen) atoms. The summed E-state index contributed by atoms with van der Waals surface area (Å²) in [5.74, 6) is 1.00. The minimum Gasteiger partial charge on any atom is -0.339 e. The van der Waals surface area contributed by atoms with Gasteiger partial charge in [0.1, 0.15) is 5.84 Å². The quantitative estimate of drug-likeness (QED) is 0.736. The Hall–Kier alpha value is -1.09. The molecule has 0 atom stereocenters. The molecule has 1 aromatic carbocycles. The number of nitrogens with zero attached hydrogens (tertiary/aromatic N) is 1. The molecule has 0 bridgehead atoms. The van der Waals surface area contributed by atoms with Gasteiger partial charge in [0.25, 0.3) is 0 Å². The van der Waals surface area contributed by atoms with Crippen LogP contribution in [0, 0.1) is 0 Å². The molecule has 0 radical (unpaired) electrons. The summed E-state index contributed by atoms with van der Waals surface area (Å²) in [7, 11) is 0. The van der Waals surface area contributed by atoms with Crippen molar-refractivity contribution in [3.63, 3.8) is 0 Å². The summed E-state index contributed by atoms with van der Waals surface area (Å²) in [6.45, 7) is 10.8. The Bertz CT molecular complexity index is 577. The number of nitrogens with one attached hydrogen (secondary N) is 1. The van der Waals surface area contributed by atoms with Crippen LogP contribution in [0.1, 0.15) is 46.6 Å². The predicted octanol–water partition coefficient (Wildman–Crippen LogP) is 5.34. The number of benzene rings is 1. The Kier molecular flexibility index (Phi) is 4.38. The number of anilines is 1. The first kappa shape index (κ1) is 15.3. The molecular weight excluding hydrogens is 312 g/mol. The average molecular weight is 335 g/mol. The lowest BCUT2D eigenvalue weighted by atomic mass is 9.99. The zero-order valence-corrected chi connectivity index (χ0v) is 14.6. The molecule has 0 amide bonds. The molecule has 1 heterocycles. The van der Waals surface area contributed by atoms with Gasteiger partial charge in [0.15, 0.2) is 0 Å². The predicted molar refractivity (Wildman–Crippen MR) is 91.6 cm³/mol. The van der Waals surface area contributed by atoms with Gasteiger partial charge in [-0.05, 0) is 73.7 Å². The highest BCUT2D eigenvalue weighted by atomic mass is 79.9. The van der Waals surface area contributed by atoms with Crippen LogP contribution in [0.2, 0.25) is 0 Å². The Balaban J connectivity index is 2.59. The van der Waals surface area contributed by atoms with Crippen molar-refractivity contribution in [2.24, 2.45) is 4.99 Å². The molecule has 0 aromatic heterocycles. The number of para-hydroxylation sites is 1. The van der Waals surface area contributed by atoms with E-state index in [0.717, 1.165) is 28.8 Å². The third kappa shape index (κ3) is 3.32. The molecule has 2 rings (SSSR count). The van der Waals surface area contributed by atoms with Gasteiger partial charge in [0.2, 0.25) is 0 Å². The van der Waals surface area contributed by atoms with Crippen molar-refractivity contribution >= 4 is 27.5 Å². The normalized spacial score (nSPS) is 17.8. The molecule has 1 aliphatic heterocycles. The first-order valence-electron chi connectivity index (χ1n) is 7.15. The van der Waals surface area contributed by atoms with E-state index in [9.17, 15) is 0 Å². The minimum absolute atomic E-state index is 0.0891. The largest absolute Gasteiger partial charge is 0.339 e. The second-order valence-electron chi connectivity index (χ2n) is 6.29. The molecule has 1 aromatic rings. The zero-order valence-electron chi connectivity index (χ0n) is 13.0. The summed E-state index contributed by atoms with van der Waals surface area (Å²) in [5.41, 5.74) is 5.13. The third-order valence-electron chi connectivity index (χ3n) is 3.51. The maximum Gasteiger partial charge on any atom is 0.128 e. The molecular formula is C17H23BrN2. The van der Waals surface area contributed by atoms with E-state index in [4.69, 9.17) is 4.99 Å². The third-order valence-corrected chi connectivity index (χ3v) is 4.17. The van der Waals surface area contributed by atoms with E-state index in [-0.39, 0.29) is 5.54 Å². The summed E-state index contributed by atoms with van der Waals surface area (Å²) in [4.78, 5) is 4.87. The SMILES string of the molecule is CCC1=C(C)C(=NC(C)(C)C)Nc2c(Br)cccc2C1. The van der Waals surface area contributed by atoms with Crippen LogP contribution >= 0.6 is 15.9 Å². The second kappa shape index (κ2) is 5.72. The molecule has 1 aliphatic rings. The number of fused-ring (bicyclic) bond motifs is 1. The minimum atomic E-state index is -0.0891. The molecule has 0 unspecified atom stereocenters. The lowest BCUT2D eigenvalue weighted by Crippen LogP contribution is -2.21. The van der Waals surface area contributed by atoms with Gasteiger partial charge in [0, 0.05) is 4.47 Å². The van der Waals surface area contributed by atoms with Crippen LogP contribution in [-0.2, 0) is 6.42 Å². The lowest BCUT2D eigenvalue weighted by Gasteiger charge is -2.18. The number of hydrogen-bond acceptors (Lipinski definition) is 1. The summed E-state index contributed by atoms with van der Waals surface area (Å²) in [6.07, 6.45) is 2.05. The number of halogens is 1. The van der Waals surface area contributed by atoms with E-state index in [0.29, 0.717) is 0 Å². The van der Waals surface area contributed by atoms with Crippen molar-refractivity contribution in [1.29, 1.82) is 0 Å². The summed E-state index contributed by atoms with van der Waals surface area (Å²) < 4.78 is 1.10. The standard InChI is InChI=1S/C17H23BrN2/c1-6-12-10-13-8-7-9-14(18)15(13)19-16(11(12)2)20-17(3,4)5/h7-9H,6,10H2,1-5H3,(H,19,20). The number of allylic oxidation sites excluding steroid dienone is 1. The fraction of sp³-hybridized carbons (Fsp3) is 0.471. The molecule has 0 aliphatic carbocycles. The first-order chi connectivity index (χ1) is 9.31. The molecule has 1 N–H and O–H groups in total. The Labute approximate surface area is 130 Å². The van der Waals surface area contributed by atoms with E-state index in [1.54, 1.807) is 0 Å². The van der Waals surface area contributed by atoms with Gasteiger partial charge in [0.05, 0.1) is 11.2 Å². The van der Waals surface area contributed by atoms with Crippen molar-refractivity contribution in [1.82, 2.24) is 0 Å². The van der Waals surface area contributed by atoms with Gasteiger partial charge in [-0.25, -0.2) is 0 Å². The summed E-state index contributed by atoms with van der Waals surface area (Å²) >= 11 is 3.65. The van der Waals surface area contributed by atoms with E-state index in [1.807, 2.05) is 0 Å². The molecule has 0 fully saturated rings. The topological polar surface area (TPSA) is 24.4 Å². The number of hydrogen-bond donors (Lipinski definition) is 1. The van der Waals surface area contributed by atoms with Gasteiger partial charge in [-0.2, -0.15) is 0 Å². The van der Waals surface area contributed by atoms with Gasteiger partial charge >= 0.3 is 0 Å². The highest BCUT2D eigenvalue weighted by Gasteiger charge is 2.20. The summed E-state index contributed by atoms with van der Waals surface area (Å²) in [6, 6.07) is 6.36. The van der Waals surface area contributed by atoms with E-state index < -0.39 is 0 Å². The first-order valence-corrected chi connectivity index (χ1v) is 7.94. The lowest BCUT2D eigenvalue weighted by molar-refractivity contribution is 0.584. The van der Waals surface area contributed by atoms with Crippen molar-refractivity contribution in [3.05, 3.63) is 39.4 Å². The van der Waals surface area contributed by atoms with Crippen molar-refractivity contribution in [2.75, 3.05) is 5.32 Å². The van der Waals surface area contributed by atoms with Crippen LogP contribution in [-0.4, -0.2) is 11.4 Å². The van der Waals surface area contributed by atoms with Gasteiger partial charge < -0.3 is 5.32 Å². The monoisotopic (exact) mass is 334 g/mol. The van der Waals surface area contributed by atoms with Gasteiger partial charge in [-0.3, -0.25) is 4.99 Å². The molecule has 108 valence electrons. The Morgan fingerprint density at radius 2 is 2.00 bits per heavy atom. The van der Waals surface area contributed by atoms with Crippen molar-refractivity contribution in [2.45, 2.75) is 53.0 Å². The molecule has 0 spiro atoms. The van der Waals surface area contributed by atoms with E-state index >= 15 is 0 Å². The van der Waals surface area contributed by atoms with Gasteiger partial charge in [-0.1, -0.05) is 24.6 Å². The second-order valence-corrected chi connectivity index (χ2v) is 7.14. The number of amidine groups is 1. The van der Waals surface area contributed by atoms with E-state index in [1.165, 1.54) is 16.7 Å². The summed E-state index contributed by atoms with van der Waals surface area (Å²) in [5, 5.41) is 3.54. The fourth-order valence-corrected chi connectivity index (χ4v) is 2.94. The zero-order chi connectivity index (χ0) is 14.9. The molecule has 0 saturated heterocycles. The van der Waals surface area contributed by atoms with Crippen LogP contribution < -0.4 is 5.32 Å². The van der Waals surface area contributed by atoms with Crippen LogP contribution in [0.5, 0.6) is 0 Å². The van der Waals surface area contributed by atoms with E-state index in [2.05, 4.69) is 74.1 Å². The maximum atomic E-state index is 4.87. The Morgan fingerprint density at radius 1 is 1.30 bits per heavy atom. The van der Waals surface area contributed by atoms with Crippen molar-refractivity contribution in [3.8, 4) is 0 Å². The van der Waals surface area contributed by atoms with Crippen molar-refractivity contribution < 1.29 is 0 Å². The van der Waals surface area contributed by atoms with Crippen LogP contribution in [0.3, 0.4) is 0 Å². The van der Waals surface area contributed by atoms with Crippen LogP contribution in [0.15, 0.2) is 38.8 Å². The smallest absolute Gasteiger partial charge is 0.128 e.